The normalized spacial score (nSPS) is 14.8. The predicted octanol–water partition coefficient (Wildman–Crippen LogP) is 8.54. The Bertz CT molecular complexity index is 3440. The van der Waals surface area contributed by atoms with Crippen molar-refractivity contribution in [2.75, 3.05) is 40.5 Å². The average Bonchev–Trinajstić information content (AvgIpc) is 0.951. The van der Waals surface area contributed by atoms with E-state index < -0.39 is 83.3 Å². The fourth-order valence-corrected chi connectivity index (χ4v) is 11.5. The zero-order valence-electron chi connectivity index (χ0n) is 58.1. The summed E-state index contributed by atoms with van der Waals surface area (Å²) >= 11 is 0. The summed E-state index contributed by atoms with van der Waals surface area (Å²) in [4.78, 5) is 97.7. The highest BCUT2D eigenvalue weighted by Crippen LogP contribution is 2.26. The van der Waals surface area contributed by atoms with Gasteiger partial charge in [-0.05, 0) is 108 Å². The Kier molecular flexibility index (Phi) is 29.4. The van der Waals surface area contributed by atoms with Crippen LogP contribution in [0.1, 0.15) is 102 Å². The average molecular weight is 1330 g/mol. The lowest BCUT2D eigenvalue weighted by atomic mass is 9.85. The number of alkyl carbamates (subject to hydrolysis) is 2. The minimum absolute atomic E-state index is 0.117. The van der Waals surface area contributed by atoms with Gasteiger partial charge in [0.2, 0.25) is 11.8 Å². The van der Waals surface area contributed by atoms with Crippen LogP contribution < -0.4 is 42.1 Å². The van der Waals surface area contributed by atoms with E-state index in [4.69, 9.17) is 14.2 Å². The lowest BCUT2D eigenvalue weighted by Gasteiger charge is -2.37. The van der Waals surface area contributed by atoms with Gasteiger partial charge in [0, 0.05) is 44.0 Å². The van der Waals surface area contributed by atoms with Crippen molar-refractivity contribution in [2.45, 2.75) is 156 Å². The van der Waals surface area contributed by atoms with E-state index >= 15 is 0 Å². The van der Waals surface area contributed by atoms with Crippen molar-refractivity contribution in [3.8, 4) is 17.0 Å². The van der Waals surface area contributed by atoms with Gasteiger partial charge in [0.05, 0.1) is 44.2 Å². The zero-order chi connectivity index (χ0) is 70.8. The number of hydrazine groups is 1. The number of amides is 8. The topological polar surface area (TPSA) is 291 Å². The zero-order valence-corrected chi connectivity index (χ0v) is 58.1. The molecule has 1 aromatic heterocycles. The van der Waals surface area contributed by atoms with E-state index in [-0.39, 0.29) is 56.3 Å². The number of rotatable bonds is 29. The van der Waals surface area contributed by atoms with E-state index in [2.05, 4.69) is 42.3 Å². The first-order valence-electron chi connectivity index (χ1n) is 33.0. The van der Waals surface area contributed by atoms with Crippen LogP contribution in [-0.2, 0) is 54.5 Å². The molecule has 0 radical (unpaired) electrons. The second-order valence-electron chi connectivity index (χ2n) is 27.0. The maximum absolute atomic E-state index is 13.8. The first-order valence-corrected chi connectivity index (χ1v) is 33.0. The van der Waals surface area contributed by atoms with Gasteiger partial charge in [0.25, 0.3) is 11.8 Å². The molecule has 0 unspecified atom stereocenters. The summed E-state index contributed by atoms with van der Waals surface area (Å²) < 4.78 is 15.4. The standard InChI is InChI=1S/C38H52N6O7.C37H48N4O5/c1-37(2,3)31(41-35(48)50-7)33(46)40-29(22-25-14-10-9-11-15-25)30(45)24-44(43-34(47)32(38(4,5)6)42-36(49)51-8)23-26-17-19-27(20-18-26)28-16-12-13-21-39-28;1-25(2)34(41-20-12-19-38-37(41)45)36(44)39-30(21-28-15-7-5-8-16-28)23-32(42)31(22-29-17-9-6-10-18-29)40-33(43)24-46-35-26(3)13-11-14-27(35)4/h9-21,29-32,45H,22-24H2,1-8H3,(H,40,46)(H,41,48)(H,42,49)(H,43,47);5-11,13-18,25,30-32,34,42H,12,19-24H2,1-4H3,(H,38,45)(H,39,44)(H,40,43)/t29-,30-,31+,32+;30-,31-,32-,34-/m00/s1. The third-order valence-corrected chi connectivity index (χ3v) is 16.6. The number of hydrogen-bond donors (Lipinski definition) is 9. The van der Waals surface area contributed by atoms with Crippen molar-refractivity contribution in [3.63, 3.8) is 0 Å². The molecular weight excluding hydrogens is 1230 g/mol. The molecule has 2 heterocycles. The second-order valence-corrected chi connectivity index (χ2v) is 27.0. The highest BCUT2D eigenvalue weighted by molar-refractivity contribution is 5.88. The van der Waals surface area contributed by atoms with E-state index in [0.29, 0.717) is 31.7 Å². The summed E-state index contributed by atoms with van der Waals surface area (Å²) in [5.41, 5.74) is 8.72. The van der Waals surface area contributed by atoms with Crippen molar-refractivity contribution in [3.05, 3.63) is 191 Å². The van der Waals surface area contributed by atoms with Crippen LogP contribution in [0.5, 0.6) is 5.75 Å². The largest absolute Gasteiger partial charge is 0.483 e. The molecule has 1 saturated heterocycles. The Hall–Kier alpha value is -9.38. The Balaban J connectivity index is 0.000000308. The summed E-state index contributed by atoms with van der Waals surface area (Å²) in [7, 11) is 2.44. The Morgan fingerprint density at radius 2 is 1.11 bits per heavy atom. The van der Waals surface area contributed by atoms with Gasteiger partial charge in [0.15, 0.2) is 6.61 Å². The van der Waals surface area contributed by atoms with Gasteiger partial charge >= 0.3 is 18.2 Å². The van der Waals surface area contributed by atoms with Gasteiger partial charge in [-0.2, -0.15) is 0 Å². The molecule has 0 saturated carbocycles. The third-order valence-electron chi connectivity index (χ3n) is 16.6. The molecule has 8 amide bonds. The number of aliphatic hydroxyl groups excluding tert-OH is 2. The monoisotopic (exact) mass is 1330 g/mol. The summed E-state index contributed by atoms with van der Waals surface area (Å²) in [6.45, 7) is 19.5. The van der Waals surface area contributed by atoms with Gasteiger partial charge in [-0.15, -0.1) is 0 Å². The number of pyridine rings is 1. The number of aryl methyl sites for hydroxylation is 2. The molecule has 97 heavy (non-hydrogen) atoms. The number of methoxy groups -OCH3 is 2. The SMILES string of the molecule is COC(=O)N[C@H](C(=O)N[C@@H](Cc1ccccc1)[C@@H](O)CN(Cc1ccc(-c2ccccn2)cc1)NC(=O)[C@@H](NC(=O)OC)C(C)(C)C)C(C)(C)C.Cc1cccc(C)c1OCC(=O)N[C@@H](Cc1ccccc1)[C@@H](O)C[C@H](Cc1ccccc1)NC(=O)[C@H](C(C)C)N1CCCNC1=O. The van der Waals surface area contributed by atoms with Gasteiger partial charge < -0.3 is 61.2 Å². The minimum atomic E-state index is -1.22. The third kappa shape index (κ3) is 24.7. The van der Waals surface area contributed by atoms with Crippen LogP contribution in [0, 0.1) is 30.6 Å². The Labute approximate surface area is 571 Å². The maximum Gasteiger partial charge on any atom is 0.407 e. The van der Waals surface area contributed by atoms with E-state index in [1.54, 1.807) is 36.9 Å². The number of carbonyl (C=O) groups excluding carboxylic acids is 7. The smallest absolute Gasteiger partial charge is 0.407 e. The van der Waals surface area contributed by atoms with Crippen molar-refractivity contribution in [1.29, 1.82) is 0 Å². The Morgan fingerprint density at radius 3 is 1.61 bits per heavy atom. The number of aromatic nitrogens is 1. The van der Waals surface area contributed by atoms with Gasteiger partial charge in [-0.3, -0.25) is 29.6 Å². The van der Waals surface area contributed by atoms with Crippen LogP contribution in [0.4, 0.5) is 14.4 Å². The lowest BCUT2D eigenvalue weighted by molar-refractivity contribution is -0.132. The molecule has 22 nitrogen and oxygen atoms in total. The number of nitrogens with zero attached hydrogens (tertiary/aromatic N) is 3. The minimum Gasteiger partial charge on any atom is -0.483 e. The molecule has 6 aromatic rings. The molecule has 1 aliphatic heterocycles. The van der Waals surface area contributed by atoms with Crippen molar-refractivity contribution >= 4 is 41.8 Å². The molecule has 9 N–H and O–H groups in total. The molecule has 0 bridgehead atoms. The molecule has 0 spiro atoms. The van der Waals surface area contributed by atoms with Crippen LogP contribution in [0.3, 0.4) is 0 Å². The molecular formula is C75H100N10O12. The van der Waals surface area contributed by atoms with Crippen LogP contribution in [0.25, 0.3) is 11.3 Å². The molecule has 1 fully saturated rings. The highest BCUT2D eigenvalue weighted by Gasteiger charge is 2.39. The van der Waals surface area contributed by atoms with E-state index in [1.807, 2.05) is 200 Å². The summed E-state index contributed by atoms with van der Waals surface area (Å²) in [6.07, 6.45) is 0.0531. The number of carbonyl (C=O) groups is 7. The van der Waals surface area contributed by atoms with E-state index in [0.717, 1.165) is 51.1 Å². The molecule has 522 valence electrons. The fraction of sp³-hybridized carbons (Fsp3) is 0.440. The maximum atomic E-state index is 13.8. The summed E-state index contributed by atoms with van der Waals surface area (Å²) in [5, 5.41) is 42.3. The lowest BCUT2D eigenvalue weighted by Crippen LogP contribution is -2.60. The van der Waals surface area contributed by atoms with E-state index in [1.165, 1.54) is 14.2 Å². The predicted molar refractivity (Wildman–Crippen MR) is 373 cm³/mol. The fourth-order valence-electron chi connectivity index (χ4n) is 11.5. The van der Waals surface area contributed by atoms with Crippen molar-refractivity contribution in [1.82, 2.24) is 52.2 Å². The molecule has 7 rings (SSSR count). The van der Waals surface area contributed by atoms with Gasteiger partial charge in [0.1, 0.15) is 23.9 Å². The van der Waals surface area contributed by atoms with Crippen LogP contribution in [-0.4, -0.2) is 156 Å². The molecule has 0 aliphatic carbocycles. The first kappa shape index (κ1) is 76.6. The number of para-hydroxylation sites is 1. The number of urea groups is 1. The molecule has 5 aromatic carbocycles. The van der Waals surface area contributed by atoms with Crippen molar-refractivity contribution < 1.29 is 58.0 Å². The molecule has 1 aliphatic rings. The number of ether oxygens (including phenoxy) is 3. The second kappa shape index (κ2) is 37.2. The van der Waals surface area contributed by atoms with Crippen LogP contribution in [0.2, 0.25) is 0 Å². The molecule has 22 heteroatoms. The Morgan fingerprint density at radius 1 is 0.598 bits per heavy atom. The molecule has 8 atom stereocenters. The summed E-state index contributed by atoms with van der Waals surface area (Å²) in [6, 6.07) is 43.1. The number of benzene rings is 5. The van der Waals surface area contributed by atoms with E-state index in [9.17, 15) is 43.8 Å². The summed E-state index contributed by atoms with van der Waals surface area (Å²) in [5.74, 6) is -1.08. The van der Waals surface area contributed by atoms with Gasteiger partial charge in [-0.1, -0.05) is 195 Å². The van der Waals surface area contributed by atoms with Crippen molar-refractivity contribution in [2.24, 2.45) is 16.7 Å². The van der Waals surface area contributed by atoms with Crippen LogP contribution in [0.15, 0.2) is 158 Å². The first-order chi connectivity index (χ1) is 46.1. The number of aliphatic hydroxyl groups is 2. The highest BCUT2D eigenvalue weighted by atomic mass is 16.5. The van der Waals surface area contributed by atoms with Crippen LogP contribution >= 0.6 is 0 Å². The van der Waals surface area contributed by atoms with Gasteiger partial charge in [-0.25, -0.2) is 19.4 Å². The number of hydrogen-bond acceptors (Lipinski definition) is 14. The number of nitrogens with one attached hydrogen (secondary N) is 7. The quantitative estimate of drug-likeness (QED) is 0.0199.